The molecule has 3 amide bonds. The largest absolute Gasteiger partial charge is 0.396 e. The van der Waals surface area contributed by atoms with E-state index in [0.717, 1.165) is 6.42 Å². The molecule has 2 unspecified atom stereocenters. The van der Waals surface area contributed by atoms with Gasteiger partial charge in [0.1, 0.15) is 11.6 Å². The van der Waals surface area contributed by atoms with Crippen LogP contribution in [0.1, 0.15) is 46.0 Å². The maximum absolute atomic E-state index is 14.5. The van der Waals surface area contributed by atoms with Gasteiger partial charge < -0.3 is 24.5 Å². The van der Waals surface area contributed by atoms with Gasteiger partial charge in [-0.05, 0) is 56.4 Å². The average molecular weight is 558 g/mol. The van der Waals surface area contributed by atoms with Crippen LogP contribution in [0.15, 0.2) is 49.6 Å². The summed E-state index contributed by atoms with van der Waals surface area (Å²) < 4.78 is 6.87. The fraction of sp³-hybridized carbons (Fsp3) is 0.567. The number of fused-ring (bicyclic) bond motifs is 1. The van der Waals surface area contributed by atoms with E-state index in [-0.39, 0.29) is 37.4 Å². The average Bonchev–Trinajstić information content (AvgIpc) is 3.54. The number of rotatable bonds is 13. The maximum Gasteiger partial charge on any atom is 0.253 e. The summed E-state index contributed by atoms with van der Waals surface area (Å²) in [4.78, 5) is 47.7. The van der Waals surface area contributed by atoms with Gasteiger partial charge in [-0.1, -0.05) is 37.6 Å². The minimum atomic E-state index is -1.13. The highest BCUT2D eigenvalue weighted by Gasteiger charge is 2.79. The molecule has 212 valence electrons. The molecular formula is C30H40ClN3O5. The Hall–Kier alpha value is -2.68. The normalized spacial score (nSPS) is 28.9. The smallest absolute Gasteiger partial charge is 0.253 e. The van der Waals surface area contributed by atoms with Gasteiger partial charge in [-0.15, -0.1) is 13.2 Å². The summed E-state index contributed by atoms with van der Waals surface area (Å²) in [6, 6.07) is 6.02. The molecule has 3 fully saturated rings. The molecule has 2 bridgehead atoms. The van der Waals surface area contributed by atoms with Gasteiger partial charge in [-0.25, -0.2) is 0 Å². The summed E-state index contributed by atoms with van der Waals surface area (Å²) in [5.74, 6) is -2.11. The number of hydrogen-bond donors (Lipinski definition) is 1. The van der Waals surface area contributed by atoms with E-state index in [4.69, 9.17) is 16.3 Å². The van der Waals surface area contributed by atoms with Gasteiger partial charge in [0, 0.05) is 43.5 Å². The number of anilines is 1. The van der Waals surface area contributed by atoms with E-state index in [1.54, 1.807) is 51.1 Å². The van der Waals surface area contributed by atoms with Crippen molar-refractivity contribution in [1.29, 1.82) is 0 Å². The Balaban J connectivity index is 1.81. The van der Waals surface area contributed by atoms with E-state index >= 15 is 0 Å². The van der Waals surface area contributed by atoms with E-state index in [2.05, 4.69) is 13.2 Å². The monoisotopic (exact) mass is 557 g/mol. The molecule has 39 heavy (non-hydrogen) atoms. The standard InChI is InChI=1S/C30H40ClN3O5/c1-5-16-32(17-6-2)26(36)23-24-27(37)34(19-9-20-35)25(30(24)15-14-29(23,8-4)39-30)28(38)33(18-7-3)22-12-10-21(31)11-13-22/h5,7,10-13,23-25,35H,1,3,6,8-9,14-20H2,2,4H3/t23-,24+,25?,29+,30?/m1/s1. The van der Waals surface area contributed by atoms with E-state index in [0.29, 0.717) is 49.5 Å². The molecule has 3 saturated heterocycles. The fourth-order valence-corrected chi connectivity index (χ4v) is 7.11. The fourth-order valence-electron chi connectivity index (χ4n) is 6.99. The number of carbonyl (C=O) groups is 3. The molecule has 3 heterocycles. The first kappa shape index (κ1) is 29.3. The molecule has 1 aromatic rings. The first-order chi connectivity index (χ1) is 18.7. The van der Waals surface area contributed by atoms with Crippen molar-refractivity contribution in [3.63, 3.8) is 0 Å². The van der Waals surface area contributed by atoms with Crippen molar-refractivity contribution in [2.45, 2.75) is 63.2 Å². The highest BCUT2D eigenvalue weighted by atomic mass is 35.5. The van der Waals surface area contributed by atoms with Crippen LogP contribution in [0.4, 0.5) is 5.69 Å². The second-order valence-corrected chi connectivity index (χ2v) is 11.2. The lowest BCUT2D eigenvalue weighted by atomic mass is 9.64. The van der Waals surface area contributed by atoms with E-state index in [1.807, 2.05) is 13.8 Å². The van der Waals surface area contributed by atoms with Gasteiger partial charge in [0.2, 0.25) is 11.8 Å². The van der Waals surface area contributed by atoms with Crippen molar-refractivity contribution in [1.82, 2.24) is 9.80 Å². The number of benzene rings is 1. The second-order valence-electron chi connectivity index (χ2n) is 10.7. The molecule has 1 N–H and O–H groups in total. The van der Waals surface area contributed by atoms with E-state index < -0.39 is 29.1 Å². The SMILES string of the molecule is C=CCN(CCC)C(=O)[C@H]1[C@H]2C(=O)N(CCCO)C(C(=O)N(CC=C)c3ccc(Cl)cc3)C23CC[C@]1(CC)O3. The lowest BCUT2D eigenvalue weighted by molar-refractivity contribution is -0.151. The molecule has 4 rings (SSSR count). The summed E-state index contributed by atoms with van der Waals surface area (Å²) in [5.41, 5.74) is -1.31. The van der Waals surface area contributed by atoms with Crippen LogP contribution in [0.2, 0.25) is 5.02 Å². The van der Waals surface area contributed by atoms with Gasteiger partial charge in [-0.2, -0.15) is 0 Å². The maximum atomic E-state index is 14.5. The van der Waals surface area contributed by atoms with Crippen LogP contribution in [0.25, 0.3) is 0 Å². The number of hydrogen-bond acceptors (Lipinski definition) is 5. The van der Waals surface area contributed by atoms with Crippen molar-refractivity contribution >= 4 is 35.0 Å². The number of likely N-dealkylation sites (tertiary alicyclic amines) is 1. The number of carbonyl (C=O) groups excluding carboxylic acids is 3. The zero-order chi connectivity index (χ0) is 28.4. The Morgan fingerprint density at radius 3 is 2.44 bits per heavy atom. The second kappa shape index (κ2) is 11.8. The Labute approximate surface area is 236 Å². The van der Waals surface area contributed by atoms with Crippen molar-refractivity contribution in [2.75, 3.05) is 37.7 Å². The number of amides is 3. The molecule has 9 heteroatoms. The van der Waals surface area contributed by atoms with E-state index in [9.17, 15) is 19.5 Å². The first-order valence-electron chi connectivity index (χ1n) is 13.9. The zero-order valence-electron chi connectivity index (χ0n) is 23.0. The van der Waals surface area contributed by atoms with Crippen LogP contribution < -0.4 is 4.90 Å². The molecule has 0 aliphatic carbocycles. The molecular weight excluding hydrogens is 518 g/mol. The Morgan fingerprint density at radius 1 is 1.15 bits per heavy atom. The number of aliphatic hydroxyl groups excluding tert-OH is 1. The Bertz CT molecular complexity index is 1110. The minimum Gasteiger partial charge on any atom is -0.396 e. The van der Waals surface area contributed by atoms with Crippen molar-refractivity contribution in [3.8, 4) is 0 Å². The van der Waals surface area contributed by atoms with Crippen molar-refractivity contribution in [3.05, 3.63) is 54.6 Å². The lowest BCUT2D eigenvalue weighted by Gasteiger charge is -2.37. The van der Waals surface area contributed by atoms with Gasteiger partial charge in [0.15, 0.2) is 0 Å². The molecule has 3 aliphatic rings. The zero-order valence-corrected chi connectivity index (χ0v) is 23.7. The van der Waals surface area contributed by atoms with Crippen LogP contribution >= 0.6 is 11.6 Å². The Morgan fingerprint density at radius 2 is 1.85 bits per heavy atom. The third kappa shape index (κ3) is 4.81. The minimum absolute atomic E-state index is 0.116. The van der Waals surface area contributed by atoms with Crippen LogP contribution in [0.5, 0.6) is 0 Å². The summed E-state index contributed by atoms with van der Waals surface area (Å²) in [5, 5.41) is 10.2. The third-order valence-electron chi connectivity index (χ3n) is 8.61. The van der Waals surface area contributed by atoms with Gasteiger partial charge in [0.05, 0.1) is 17.4 Å². The van der Waals surface area contributed by atoms with E-state index in [1.165, 1.54) is 0 Å². The Kier molecular flexibility index (Phi) is 8.88. The molecule has 1 aromatic carbocycles. The van der Waals surface area contributed by atoms with Crippen LogP contribution in [-0.4, -0.2) is 82.7 Å². The van der Waals surface area contributed by atoms with Crippen LogP contribution in [0.3, 0.4) is 0 Å². The highest BCUT2D eigenvalue weighted by molar-refractivity contribution is 6.30. The third-order valence-corrected chi connectivity index (χ3v) is 8.86. The van der Waals surface area contributed by atoms with Crippen molar-refractivity contribution in [2.24, 2.45) is 11.8 Å². The molecule has 8 nitrogen and oxygen atoms in total. The van der Waals surface area contributed by atoms with Gasteiger partial charge >= 0.3 is 0 Å². The number of aliphatic hydroxyl groups is 1. The van der Waals surface area contributed by atoms with Gasteiger partial charge in [0.25, 0.3) is 5.91 Å². The summed E-state index contributed by atoms with van der Waals surface area (Å²) in [6.07, 6.45) is 6.09. The summed E-state index contributed by atoms with van der Waals surface area (Å²) >= 11 is 6.11. The highest BCUT2D eigenvalue weighted by Crippen LogP contribution is 2.64. The summed E-state index contributed by atoms with van der Waals surface area (Å²) in [6.45, 7) is 12.9. The van der Waals surface area contributed by atoms with Gasteiger partial charge in [-0.3, -0.25) is 14.4 Å². The predicted octanol–water partition coefficient (Wildman–Crippen LogP) is 3.82. The molecule has 1 spiro atoms. The number of halogens is 1. The first-order valence-corrected chi connectivity index (χ1v) is 14.3. The molecule has 0 radical (unpaired) electrons. The predicted molar refractivity (Wildman–Crippen MR) is 151 cm³/mol. The summed E-state index contributed by atoms with van der Waals surface area (Å²) in [7, 11) is 0. The molecule has 0 saturated carbocycles. The van der Waals surface area contributed by atoms with Crippen molar-refractivity contribution < 1.29 is 24.2 Å². The number of nitrogens with zero attached hydrogens (tertiary/aromatic N) is 3. The lowest BCUT2D eigenvalue weighted by Crippen LogP contribution is -2.56. The molecule has 3 aliphatic heterocycles. The van der Waals surface area contributed by atoms with Crippen LogP contribution in [-0.2, 0) is 19.1 Å². The molecule has 0 aromatic heterocycles. The molecule has 5 atom stereocenters. The quantitative estimate of drug-likeness (QED) is 0.372. The van der Waals surface area contributed by atoms with Crippen LogP contribution in [0, 0.1) is 11.8 Å². The topological polar surface area (TPSA) is 90.4 Å². The number of ether oxygens (including phenoxy) is 1.